The highest BCUT2D eigenvalue weighted by atomic mass is 32.2. The first kappa shape index (κ1) is 13.6. The minimum Gasteiger partial charge on any atom is -0.312 e. The summed E-state index contributed by atoms with van der Waals surface area (Å²) in [6, 6.07) is 4.68. The van der Waals surface area contributed by atoms with Gasteiger partial charge in [-0.3, -0.25) is 0 Å². The Kier molecular flexibility index (Phi) is 3.86. The lowest BCUT2D eigenvalue weighted by Gasteiger charge is -2.23. The summed E-state index contributed by atoms with van der Waals surface area (Å²) in [5.41, 5.74) is 2.13. The second-order valence-corrected chi connectivity index (χ2v) is 7.33. The zero-order valence-electron chi connectivity index (χ0n) is 12.3. The zero-order chi connectivity index (χ0) is 14.1. The lowest BCUT2D eigenvalue weighted by atomic mass is 10.0. The van der Waals surface area contributed by atoms with Crippen molar-refractivity contribution >= 4 is 22.9 Å². The minimum absolute atomic E-state index is 0.584. The van der Waals surface area contributed by atoms with Crippen molar-refractivity contribution in [2.24, 2.45) is 0 Å². The third-order valence-electron chi connectivity index (χ3n) is 4.69. The first-order valence-electron chi connectivity index (χ1n) is 8.04. The van der Waals surface area contributed by atoms with E-state index in [1.165, 1.54) is 43.0 Å². The molecule has 2 aliphatic heterocycles. The first-order valence-corrected chi connectivity index (χ1v) is 9.19. The Bertz CT molecular complexity index is 612. The highest BCUT2D eigenvalue weighted by Gasteiger charge is 2.25. The topological polar surface area (TPSA) is 42.7 Å². The summed E-state index contributed by atoms with van der Waals surface area (Å²) in [6.45, 7) is 2.17. The SMILES string of the molecule is c1cnc2c(c1)nc(C1CCSCC1)n2CC1CCCN1. The number of hydrogen-bond acceptors (Lipinski definition) is 4. The van der Waals surface area contributed by atoms with Crippen molar-refractivity contribution in [3.05, 3.63) is 24.2 Å². The Hall–Kier alpha value is -1.07. The van der Waals surface area contributed by atoms with Crippen molar-refractivity contribution in [1.29, 1.82) is 0 Å². The van der Waals surface area contributed by atoms with Crippen molar-refractivity contribution in [1.82, 2.24) is 19.9 Å². The molecule has 4 nitrogen and oxygen atoms in total. The molecule has 0 radical (unpaired) electrons. The van der Waals surface area contributed by atoms with Crippen LogP contribution in [0.3, 0.4) is 0 Å². The number of pyridine rings is 1. The lowest BCUT2D eigenvalue weighted by molar-refractivity contribution is 0.477. The van der Waals surface area contributed by atoms with Crippen molar-refractivity contribution in [3.63, 3.8) is 0 Å². The molecule has 2 fully saturated rings. The van der Waals surface area contributed by atoms with Crippen LogP contribution in [0.4, 0.5) is 0 Å². The van der Waals surface area contributed by atoms with Gasteiger partial charge in [0.25, 0.3) is 0 Å². The number of fused-ring (bicyclic) bond motifs is 1. The van der Waals surface area contributed by atoms with Crippen LogP contribution < -0.4 is 5.32 Å². The molecule has 0 saturated carbocycles. The molecule has 0 aromatic carbocycles. The lowest BCUT2D eigenvalue weighted by Crippen LogP contribution is -2.28. The van der Waals surface area contributed by atoms with Gasteiger partial charge in [-0.05, 0) is 55.9 Å². The van der Waals surface area contributed by atoms with Gasteiger partial charge in [0.15, 0.2) is 5.65 Å². The molecular weight excluding hydrogens is 280 g/mol. The predicted molar refractivity (Wildman–Crippen MR) is 87.9 cm³/mol. The second kappa shape index (κ2) is 5.97. The second-order valence-electron chi connectivity index (χ2n) is 6.11. The van der Waals surface area contributed by atoms with E-state index in [4.69, 9.17) is 4.98 Å². The number of imidazole rings is 1. The largest absolute Gasteiger partial charge is 0.312 e. The fraction of sp³-hybridized carbons (Fsp3) is 0.625. The van der Waals surface area contributed by atoms with E-state index in [1.807, 2.05) is 12.3 Å². The third-order valence-corrected chi connectivity index (χ3v) is 5.73. The summed E-state index contributed by atoms with van der Waals surface area (Å²) in [5.74, 6) is 4.42. The van der Waals surface area contributed by atoms with Crippen LogP contribution in [-0.4, -0.2) is 38.6 Å². The molecule has 2 aromatic heterocycles. The Morgan fingerprint density at radius 2 is 2.19 bits per heavy atom. The maximum atomic E-state index is 4.94. The average molecular weight is 302 g/mol. The predicted octanol–water partition coefficient (Wildman–Crippen LogP) is 2.79. The number of nitrogens with one attached hydrogen (secondary N) is 1. The molecule has 1 unspecified atom stereocenters. The van der Waals surface area contributed by atoms with Gasteiger partial charge in [0.1, 0.15) is 11.3 Å². The maximum absolute atomic E-state index is 4.94. The van der Waals surface area contributed by atoms with Gasteiger partial charge in [-0.1, -0.05) is 0 Å². The molecule has 21 heavy (non-hydrogen) atoms. The summed E-state index contributed by atoms with van der Waals surface area (Å²) in [7, 11) is 0. The Morgan fingerprint density at radius 1 is 1.29 bits per heavy atom. The quantitative estimate of drug-likeness (QED) is 0.947. The normalized spacial score (nSPS) is 23.9. The van der Waals surface area contributed by atoms with Gasteiger partial charge in [0, 0.05) is 24.7 Å². The van der Waals surface area contributed by atoms with E-state index >= 15 is 0 Å². The summed E-state index contributed by atoms with van der Waals surface area (Å²) in [5, 5.41) is 3.61. The monoisotopic (exact) mass is 302 g/mol. The van der Waals surface area contributed by atoms with Crippen LogP contribution in [0.2, 0.25) is 0 Å². The van der Waals surface area contributed by atoms with E-state index in [2.05, 4.69) is 32.7 Å². The molecule has 4 heterocycles. The molecule has 112 valence electrons. The molecule has 2 aliphatic rings. The van der Waals surface area contributed by atoms with Crippen LogP contribution in [0.5, 0.6) is 0 Å². The fourth-order valence-electron chi connectivity index (χ4n) is 3.56. The Morgan fingerprint density at radius 3 is 3.00 bits per heavy atom. The Balaban J connectivity index is 1.72. The molecule has 0 spiro atoms. The molecular formula is C16H22N4S. The molecule has 0 aliphatic carbocycles. The zero-order valence-corrected chi connectivity index (χ0v) is 13.1. The van der Waals surface area contributed by atoms with Crippen LogP contribution in [0.1, 0.15) is 37.4 Å². The van der Waals surface area contributed by atoms with Crippen LogP contribution in [0.25, 0.3) is 11.2 Å². The first-order chi connectivity index (χ1) is 10.4. The maximum Gasteiger partial charge on any atom is 0.160 e. The fourth-order valence-corrected chi connectivity index (χ4v) is 4.66. The van der Waals surface area contributed by atoms with Gasteiger partial charge in [-0.2, -0.15) is 11.8 Å². The van der Waals surface area contributed by atoms with Crippen LogP contribution in [0.15, 0.2) is 18.3 Å². The highest BCUT2D eigenvalue weighted by molar-refractivity contribution is 7.99. The summed E-state index contributed by atoms with van der Waals surface area (Å²) in [4.78, 5) is 9.55. The summed E-state index contributed by atoms with van der Waals surface area (Å²) in [6.07, 6.45) is 6.97. The standard InChI is InChI=1S/C16H22N4S/c1-3-13(17-7-1)11-20-15(12-5-9-21-10-6-12)19-14-4-2-8-18-16(14)20/h2,4,8,12-13,17H,1,3,5-7,9-11H2. The van der Waals surface area contributed by atoms with Crippen molar-refractivity contribution in [3.8, 4) is 0 Å². The number of aromatic nitrogens is 3. The Labute approximate surface area is 129 Å². The molecule has 5 heteroatoms. The number of hydrogen-bond donors (Lipinski definition) is 1. The average Bonchev–Trinajstić information content (AvgIpc) is 3.17. The minimum atomic E-state index is 0.584. The van der Waals surface area contributed by atoms with Crippen molar-refractivity contribution < 1.29 is 0 Å². The van der Waals surface area contributed by atoms with E-state index in [-0.39, 0.29) is 0 Å². The van der Waals surface area contributed by atoms with Crippen molar-refractivity contribution in [2.75, 3.05) is 18.1 Å². The van der Waals surface area contributed by atoms with Crippen LogP contribution in [0, 0.1) is 0 Å². The molecule has 0 amide bonds. The molecule has 1 N–H and O–H groups in total. The molecule has 1 atom stereocenters. The van der Waals surface area contributed by atoms with E-state index in [1.54, 1.807) is 0 Å². The van der Waals surface area contributed by atoms with Gasteiger partial charge >= 0.3 is 0 Å². The number of nitrogens with zero attached hydrogens (tertiary/aromatic N) is 3. The van der Waals surface area contributed by atoms with Crippen molar-refractivity contribution in [2.45, 2.75) is 44.2 Å². The van der Waals surface area contributed by atoms with E-state index in [9.17, 15) is 0 Å². The molecule has 2 aromatic rings. The number of thioether (sulfide) groups is 1. The molecule has 4 rings (SSSR count). The van der Waals surface area contributed by atoms with E-state index in [0.717, 1.165) is 24.3 Å². The van der Waals surface area contributed by atoms with Gasteiger partial charge in [0.05, 0.1) is 0 Å². The number of rotatable bonds is 3. The highest BCUT2D eigenvalue weighted by Crippen LogP contribution is 2.32. The van der Waals surface area contributed by atoms with Crippen LogP contribution in [-0.2, 0) is 6.54 Å². The smallest absolute Gasteiger partial charge is 0.160 e. The van der Waals surface area contributed by atoms with E-state index < -0.39 is 0 Å². The van der Waals surface area contributed by atoms with Crippen LogP contribution >= 0.6 is 11.8 Å². The molecule has 0 bridgehead atoms. The molecule has 2 saturated heterocycles. The van der Waals surface area contributed by atoms with Gasteiger partial charge in [-0.15, -0.1) is 0 Å². The van der Waals surface area contributed by atoms with Gasteiger partial charge in [0.2, 0.25) is 0 Å². The third kappa shape index (κ3) is 2.69. The van der Waals surface area contributed by atoms with Gasteiger partial charge in [-0.25, -0.2) is 9.97 Å². The summed E-state index contributed by atoms with van der Waals surface area (Å²) >= 11 is 2.07. The van der Waals surface area contributed by atoms with E-state index in [0.29, 0.717) is 12.0 Å². The summed E-state index contributed by atoms with van der Waals surface area (Å²) < 4.78 is 2.40. The van der Waals surface area contributed by atoms with Gasteiger partial charge < -0.3 is 9.88 Å².